The largest absolute Gasteiger partial charge is 0.373 e. The van der Waals surface area contributed by atoms with Crippen molar-refractivity contribution in [2.45, 2.75) is 6.54 Å². The van der Waals surface area contributed by atoms with Crippen LogP contribution in [0.15, 0.2) is 42.5 Å². The van der Waals surface area contributed by atoms with Crippen molar-refractivity contribution in [3.05, 3.63) is 69.8 Å². The highest BCUT2D eigenvalue weighted by molar-refractivity contribution is 5.62. The highest BCUT2D eigenvalue weighted by Gasteiger charge is 2.17. The Morgan fingerprint density at radius 1 is 1.11 bits per heavy atom. The third-order valence-corrected chi connectivity index (χ3v) is 2.57. The van der Waals surface area contributed by atoms with Crippen molar-refractivity contribution in [1.82, 2.24) is 0 Å². The fourth-order valence-electron chi connectivity index (χ4n) is 1.63. The number of nitro benzene ring substituents is 1. The second kappa shape index (κ2) is 5.43. The molecule has 0 aromatic heterocycles. The molecule has 0 atom stereocenters. The van der Waals surface area contributed by atoms with Gasteiger partial charge < -0.3 is 5.32 Å². The van der Waals surface area contributed by atoms with E-state index in [4.69, 9.17) is 0 Å². The maximum absolute atomic E-state index is 13.6. The SMILES string of the molecule is O=[N+]([O-])c1cccc(F)c1NCc1ccc(F)cc1. The van der Waals surface area contributed by atoms with Crippen molar-refractivity contribution >= 4 is 11.4 Å². The molecule has 2 aromatic rings. The number of nitrogens with zero attached hydrogens (tertiary/aromatic N) is 1. The summed E-state index contributed by atoms with van der Waals surface area (Å²) in [6.07, 6.45) is 0. The molecule has 0 aliphatic rings. The average Bonchev–Trinajstić information content (AvgIpc) is 2.39. The lowest BCUT2D eigenvalue weighted by Crippen LogP contribution is -2.04. The summed E-state index contributed by atoms with van der Waals surface area (Å²) in [6.45, 7) is 0.169. The van der Waals surface area contributed by atoms with Crippen LogP contribution in [-0.2, 0) is 6.54 Å². The number of hydrogen-bond acceptors (Lipinski definition) is 3. The molecule has 0 aliphatic heterocycles. The van der Waals surface area contributed by atoms with E-state index in [2.05, 4.69) is 5.32 Å². The number of nitro groups is 1. The minimum atomic E-state index is -0.698. The van der Waals surface area contributed by atoms with Gasteiger partial charge >= 0.3 is 0 Å². The first kappa shape index (κ1) is 12.9. The molecule has 0 aliphatic carbocycles. The van der Waals surface area contributed by atoms with E-state index in [-0.39, 0.29) is 23.7 Å². The Morgan fingerprint density at radius 2 is 1.79 bits per heavy atom. The van der Waals surface area contributed by atoms with Crippen molar-refractivity contribution in [2.75, 3.05) is 5.32 Å². The zero-order valence-electron chi connectivity index (χ0n) is 9.77. The molecule has 2 rings (SSSR count). The van der Waals surface area contributed by atoms with Gasteiger partial charge in [-0.3, -0.25) is 10.1 Å². The van der Waals surface area contributed by atoms with Crippen LogP contribution in [0.4, 0.5) is 20.2 Å². The second-order valence-corrected chi connectivity index (χ2v) is 3.87. The molecule has 6 heteroatoms. The smallest absolute Gasteiger partial charge is 0.295 e. The summed E-state index contributed by atoms with van der Waals surface area (Å²) < 4.78 is 26.3. The fraction of sp³-hybridized carbons (Fsp3) is 0.0769. The molecule has 0 spiro atoms. The van der Waals surface area contributed by atoms with Crippen LogP contribution < -0.4 is 5.32 Å². The monoisotopic (exact) mass is 264 g/mol. The van der Waals surface area contributed by atoms with E-state index in [1.807, 2.05) is 0 Å². The molecule has 0 unspecified atom stereocenters. The van der Waals surface area contributed by atoms with Gasteiger partial charge in [0.2, 0.25) is 0 Å². The van der Waals surface area contributed by atoms with Crippen molar-refractivity contribution in [2.24, 2.45) is 0 Å². The lowest BCUT2D eigenvalue weighted by atomic mass is 10.2. The molecule has 1 N–H and O–H groups in total. The predicted octanol–water partition coefficient (Wildman–Crippen LogP) is 3.49. The fourth-order valence-corrected chi connectivity index (χ4v) is 1.63. The van der Waals surface area contributed by atoms with Gasteiger partial charge in [-0.1, -0.05) is 18.2 Å². The number of rotatable bonds is 4. The number of nitrogens with one attached hydrogen (secondary N) is 1. The highest BCUT2D eigenvalue weighted by Crippen LogP contribution is 2.27. The Labute approximate surface area is 107 Å². The standard InChI is InChI=1S/C13H10F2N2O2/c14-10-6-4-9(5-7-10)8-16-13-11(15)2-1-3-12(13)17(18)19/h1-7,16H,8H2. The molecular formula is C13H10F2N2O2. The Balaban J connectivity index is 2.19. The molecule has 0 heterocycles. The quantitative estimate of drug-likeness (QED) is 0.679. The Kier molecular flexibility index (Phi) is 3.70. The van der Waals surface area contributed by atoms with Crippen LogP contribution in [0.1, 0.15) is 5.56 Å². The Morgan fingerprint density at radius 3 is 2.42 bits per heavy atom. The van der Waals surface area contributed by atoms with E-state index in [1.165, 1.54) is 36.4 Å². The van der Waals surface area contributed by atoms with E-state index < -0.39 is 10.7 Å². The third kappa shape index (κ3) is 3.04. The first-order chi connectivity index (χ1) is 9.08. The normalized spacial score (nSPS) is 10.2. The minimum Gasteiger partial charge on any atom is -0.373 e. The van der Waals surface area contributed by atoms with Crippen LogP contribution in [0.3, 0.4) is 0 Å². The number of para-hydroxylation sites is 1. The summed E-state index contributed by atoms with van der Waals surface area (Å²) in [7, 11) is 0. The molecule has 0 saturated heterocycles. The topological polar surface area (TPSA) is 55.2 Å². The Hall–Kier alpha value is -2.50. The number of hydrogen-bond donors (Lipinski definition) is 1. The molecule has 0 amide bonds. The van der Waals surface area contributed by atoms with Crippen LogP contribution in [0.25, 0.3) is 0 Å². The summed E-state index contributed by atoms with van der Waals surface area (Å²) in [6, 6.07) is 9.22. The lowest BCUT2D eigenvalue weighted by molar-refractivity contribution is -0.384. The molecule has 0 bridgehead atoms. The van der Waals surface area contributed by atoms with Crippen molar-refractivity contribution in [1.29, 1.82) is 0 Å². The van der Waals surface area contributed by atoms with E-state index >= 15 is 0 Å². The zero-order chi connectivity index (χ0) is 13.8. The van der Waals surface area contributed by atoms with Crippen LogP contribution >= 0.6 is 0 Å². The summed E-state index contributed by atoms with van der Waals surface area (Å²) in [4.78, 5) is 10.1. The van der Waals surface area contributed by atoms with Crippen LogP contribution in [0.5, 0.6) is 0 Å². The molecular weight excluding hydrogens is 254 g/mol. The number of halogens is 2. The van der Waals surface area contributed by atoms with Gasteiger partial charge in [0.1, 0.15) is 11.5 Å². The third-order valence-electron chi connectivity index (χ3n) is 2.57. The minimum absolute atomic E-state index is 0.169. The summed E-state index contributed by atoms with van der Waals surface area (Å²) in [5, 5.41) is 13.4. The first-order valence-corrected chi connectivity index (χ1v) is 5.49. The average molecular weight is 264 g/mol. The lowest BCUT2D eigenvalue weighted by Gasteiger charge is -2.08. The molecule has 98 valence electrons. The maximum atomic E-state index is 13.6. The molecule has 4 nitrogen and oxygen atoms in total. The van der Waals surface area contributed by atoms with E-state index in [1.54, 1.807) is 0 Å². The van der Waals surface area contributed by atoms with Crippen LogP contribution in [0, 0.1) is 21.7 Å². The van der Waals surface area contributed by atoms with Gasteiger partial charge in [0.25, 0.3) is 5.69 Å². The van der Waals surface area contributed by atoms with E-state index in [9.17, 15) is 18.9 Å². The van der Waals surface area contributed by atoms with Gasteiger partial charge in [0.05, 0.1) is 4.92 Å². The molecule has 19 heavy (non-hydrogen) atoms. The second-order valence-electron chi connectivity index (χ2n) is 3.87. The van der Waals surface area contributed by atoms with Gasteiger partial charge in [-0.15, -0.1) is 0 Å². The van der Waals surface area contributed by atoms with E-state index in [0.717, 1.165) is 6.07 Å². The number of benzene rings is 2. The summed E-state index contributed by atoms with van der Waals surface area (Å²) >= 11 is 0. The van der Waals surface area contributed by atoms with Crippen molar-refractivity contribution < 1.29 is 13.7 Å². The molecule has 0 saturated carbocycles. The summed E-state index contributed by atoms with van der Waals surface area (Å²) in [5.41, 5.74) is 0.192. The van der Waals surface area contributed by atoms with Crippen molar-refractivity contribution in [3.8, 4) is 0 Å². The zero-order valence-corrected chi connectivity index (χ0v) is 9.77. The highest BCUT2D eigenvalue weighted by atomic mass is 19.1. The molecule has 2 aromatic carbocycles. The van der Waals surface area contributed by atoms with Gasteiger partial charge in [-0.2, -0.15) is 0 Å². The van der Waals surface area contributed by atoms with Gasteiger partial charge in [-0.25, -0.2) is 8.78 Å². The molecule has 0 fully saturated rings. The van der Waals surface area contributed by atoms with Gasteiger partial charge in [-0.05, 0) is 23.8 Å². The first-order valence-electron chi connectivity index (χ1n) is 5.49. The summed E-state index contributed by atoms with van der Waals surface area (Å²) in [5.74, 6) is -1.07. The van der Waals surface area contributed by atoms with E-state index in [0.29, 0.717) is 5.56 Å². The predicted molar refractivity (Wildman–Crippen MR) is 66.8 cm³/mol. The number of anilines is 1. The van der Waals surface area contributed by atoms with Gasteiger partial charge in [0, 0.05) is 12.6 Å². The van der Waals surface area contributed by atoms with Crippen molar-refractivity contribution in [3.63, 3.8) is 0 Å². The van der Waals surface area contributed by atoms with Gasteiger partial charge in [0.15, 0.2) is 5.82 Å². The van der Waals surface area contributed by atoms with Crippen LogP contribution in [0.2, 0.25) is 0 Å². The maximum Gasteiger partial charge on any atom is 0.295 e. The van der Waals surface area contributed by atoms with Crippen LogP contribution in [-0.4, -0.2) is 4.92 Å². The molecule has 0 radical (unpaired) electrons. The Bertz CT molecular complexity index is 600.